The Hall–Kier alpha value is -1.60. The largest absolute Gasteiger partial charge is 0.313 e. The molecule has 0 radical (unpaired) electrons. The molecule has 0 spiro atoms. The topological polar surface area (TPSA) is 12.0 Å². The standard InChI is InChI=1S/C19H23N/c1-13-9-10-16(11-14(13)2)19(20-3)18-12-17(18)15-7-5-4-6-8-15/h4-11,17-20H,12H2,1-3H3. The zero-order valence-electron chi connectivity index (χ0n) is 12.6. The molecule has 3 rings (SSSR count). The minimum Gasteiger partial charge on any atom is -0.313 e. The summed E-state index contributed by atoms with van der Waals surface area (Å²) in [6, 6.07) is 18.3. The van der Waals surface area contributed by atoms with Crippen LogP contribution in [0.25, 0.3) is 0 Å². The van der Waals surface area contributed by atoms with E-state index in [9.17, 15) is 0 Å². The maximum Gasteiger partial charge on any atom is 0.0352 e. The van der Waals surface area contributed by atoms with Crippen molar-refractivity contribution < 1.29 is 0 Å². The first-order chi connectivity index (χ1) is 9.70. The summed E-state index contributed by atoms with van der Waals surface area (Å²) < 4.78 is 0. The van der Waals surface area contributed by atoms with Crippen LogP contribution < -0.4 is 5.32 Å². The smallest absolute Gasteiger partial charge is 0.0352 e. The van der Waals surface area contributed by atoms with Crippen LogP contribution in [0.3, 0.4) is 0 Å². The highest BCUT2D eigenvalue weighted by atomic mass is 14.9. The van der Waals surface area contributed by atoms with Gasteiger partial charge in [0.05, 0.1) is 0 Å². The summed E-state index contributed by atoms with van der Waals surface area (Å²) >= 11 is 0. The van der Waals surface area contributed by atoms with Crippen LogP contribution in [-0.4, -0.2) is 7.05 Å². The second kappa shape index (κ2) is 5.41. The number of nitrogens with one attached hydrogen (secondary N) is 1. The molecule has 2 aromatic carbocycles. The molecular formula is C19H23N. The van der Waals surface area contributed by atoms with Crippen LogP contribution in [0.2, 0.25) is 0 Å². The lowest BCUT2D eigenvalue weighted by atomic mass is 9.96. The molecule has 104 valence electrons. The van der Waals surface area contributed by atoms with Crippen molar-refractivity contribution in [2.75, 3.05) is 7.05 Å². The Bertz CT molecular complexity index is 588. The van der Waals surface area contributed by atoms with Gasteiger partial charge in [0.1, 0.15) is 0 Å². The highest BCUT2D eigenvalue weighted by molar-refractivity contribution is 5.35. The number of rotatable bonds is 4. The Labute approximate surface area is 122 Å². The van der Waals surface area contributed by atoms with E-state index in [4.69, 9.17) is 0 Å². The Kier molecular flexibility index (Phi) is 3.62. The van der Waals surface area contributed by atoms with Crippen LogP contribution >= 0.6 is 0 Å². The molecule has 3 unspecified atom stereocenters. The second-order valence-electron chi connectivity index (χ2n) is 6.03. The van der Waals surface area contributed by atoms with Crippen molar-refractivity contribution >= 4 is 0 Å². The fourth-order valence-electron chi connectivity index (χ4n) is 3.25. The summed E-state index contributed by atoms with van der Waals surface area (Å²) in [5, 5.41) is 3.53. The van der Waals surface area contributed by atoms with E-state index in [0.717, 1.165) is 11.8 Å². The van der Waals surface area contributed by atoms with Gasteiger partial charge < -0.3 is 5.32 Å². The SMILES string of the molecule is CNC(c1ccc(C)c(C)c1)C1CC1c1ccccc1. The van der Waals surface area contributed by atoms with Crippen LogP contribution in [0.15, 0.2) is 48.5 Å². The number of hydrogen-bond acceptors (Lipinski definition) is 1. The quantitative estimate of drug-likeness (QED) is 0.865. The molecule has 20 heavy (non-hydrogen) atoms. The summed E-state index contributed by atoms with van der Waals surface area (Å²) in [6.07, 6.45) is 1.29. The molecule has 1 fully saturated rings. The minimum absolute atomic E-state index is 0.472. The lowest BCUT2D eigenvalue weighted by Gasteiger charge is -2.18. The van der Waals surface area contributed by atoms with E-state index in [1.807, 2.05) is 0 Å². The first-order valence-corrected chi connectivity index (χ1v) is 7.50. The third-order valence-corrected chi connectivity index (χ3v) is 4.70. The van der Waals surface area contributed by atoms with Crippen LogP contribution in [0.5, 0.6) is 0 Å². The van der Waals surface area contributed by atoms with E-state index in [-0.39, 0.29) is 0 Å². The highest BCUT2D eigenvalue weighted by Gasteiger charge is 2.43. The fraction of sp³-hybridized carbons (Fsp3) is 0.368. The van der Waals surface area contributed by atoms with Crippen molar-refractivity contribution in [2.45, 2.75) is 32.2 Å². The molecule has 0 saturated heterocycles. The van der Waals surface area contributed by atoms with Crippen molar-refractivity contribution in [3.05, 3.63) is 70.8 Å². The first kappa shape index (κ1) is 13.4. The summed E-state index contributed by atoms with van der Waals surface area (Å²) in [4.78, 5) is 0. The summed E-state index contributed by atoms with van der Waals surface area (Å²) in [7, 11) is 2.08. The predicted molar refractivity (Wildman–Crippen MR) is 85.0 cm³/mol. The lowest BCUT2D eigenvalue weighted by molar-refractivity contribution is 0.517. The van der Waals surface area contributed by atoms with Crippen molar-refractivity contribution in [1.82, 2.24) is 5.32 Å². The third-order valence-electron chi connectivity index (χ3n) is 4.70. The number of hydrogen-bond donors (Lipinski definition) is 1. The van der Waals surface area contributed by atoms with Crippen LogP contribution in [-0.2, 0) is 0 Å². The van der Waals surface area contributed by atoms with Gasteiger partial charge in [0.25, 0.3) is 0 Å². The second-order valence-corrected chi connectivity index (χ2v) is 6.03. The third kappa shape index (κ3) is 2.51. The number of aryl methyl sites for hydroxylation is 2. The molecule has 1 aliphatic rings. The maximum atomic E-state index is 3.53. The van der Waals surface area contributed by atoms with Crippen molar-refractivity contribution in [3.8, 4) is 0 Å². The van der Waals surface area contributed by atoms with Crippen molar-refractivity contribution in [1.29, 1.82) is 0 Å². The molecule has 1 N–H and O–H groups in total. The Morgan fingerprint density at radius 3 is 2.40 bits per heavy atom. The molecule has 0 aliphatic heterocycles. The van der Waals surface area contributed by atoms with Gasteiger partial charge >= 0.3 is 0 Å². The Balaban J connectivity index is 1.80. The first-order valence-electron chi connectivity index (χ1n) is 7.50. The van der Waals surface area contributed by atoms with Gasteiger partial charge in [-0.25, -0.2) is 0 Å². The van der Waals surface area contributed by atoms with E-state index in [2.05, 4.69) is 74.7 Å². The Morgan fingerprint density at radius 2 is 1.75 bits per heavy atom. The molecule has 1 saturated carbocycles. The maximum absolute atomic E-state index is 3.53. The highest BCUT2D eigenvalue weighted by Crippen LogP contribution is 2.53. The van der Waals surface area contributed by atoms with Gasteiger partial charge in [0.15, 0.2) is 0 Å². The fourth-order valence-corrected chi connectivity index (χ4v) is 3.25. The van der Waals surface area contributed by atoms with E-state index in [1.165, 1.54) is 28.7 Å². The van der Waals surface area contributed by atoms with Gasteiger partial charge in [0.2, 0.25) is 0 Å². The van der Waals surface area contributed by atoms with E-state index in [1.54, 1.807) is 0 Å². The van der Waals surface area contributed by atoms with Crippen molar-refractivity contribution in [3.63, 3.8) is 0 Å². The molecule has 0 heterocycles. The lowest BCUT2D eigenvalue weighted by Crippen LogP contribution is -2.19. The van der Waals surface area contributed by atoms with Gasteiger partial charge in [-0.1, -0.05) is 48.5 Å². The van der Waals surface area contributed by atoms with Gasteiger partial charge in [-0.3, -0.25) is 0 Å². The van der Waals surface area contributed by atoms with Gasteiger partial charge in [0, 0.05) is 6.04 Å². The molecule has 2 aromatic rings. The van der Waals surface area contributed by atoms with Gasteiger partial charge in [-0.15, -0.1) is 0 Å². The van der Waals surface area contributed by atoms with Crippen LogP contribution in [0.4, 0.5) is 0 Å². The molecule has 1 aliphatic carbocycles. The summed E-state index contributed by atoms with van der Waals surface area (Å²) in [6.45, 7) is 4.38. The molecular weight excluding hydrogens is 242 g/mol. The van der Waals surface area contributed by atoms with Crippen molar-refractivity contribution in [2.24, 2.45) is 5.92 Å². The molecule has 0 aromatic heterocycles. The molecule has 1 nitrogen and oxygen atoms in total. The van der Waals surface area contributed by atoms with E-state index < -0.39 is 0 Å². The average Bonchev–Trinajstić information content (AvgIpc) is 3.25. The minimum atomic E-state index is 0.472. The van der Waals surface area contributed by atoms with Gasteiger partial charge in [-0.05, 0) is 61.4 Å². The monoisotopic (exact) mass is 265 g/mol. The zero-order valence-corrected chi connectivity index (χ0v) is 12.6. The summed E-state index contributed by atoms with van der Waals surface area (Å²) in [5.41, 5.74) is 5.68. The normalized spacial score (nSPS) is 22.6. The van der Waals surface area contributed by atoms with Crippen LogP contribution in [0, 0.1) is 19.8 Å². The Morgan fingerprint density at radius 1 is 1.00 bits per heavy atom. The van der Waals surface area contributed by atoms with E-state index in [0.29, 0.717) is 6.04 Å². The predicted octanol–water partition coefficient (Wildman–Crippen LogP) is 4.37. The molecule has 1 heteroatoms. The van der Waals surface area contributed by atoms with Gasteiger partial charge in [-0.2, -0.15) is 0 Å². The molecule has 0 bridgehead atoms. The van der Waals surface area contributed by atoms with Crippen LogP contribution in [0.1, 0.15) is 40.6 Å². The molecule has 0 amide bonds. The summed E-state index contributed by atoms with van der Waals surface area (Å²) in [5.74, 6) is 1.44. The average molecular weight is 265 g/mol. The zero-order chi connectivity index (χ0) is 14.1. The number of benzene rings is 2. The van der Waals surface area contributed by atoms with E-state index >= 15 is 0 Å². The molecule has 3 atom stereocenters.